The average molecular weight is 489 g/mol. The van der Waals surface area contributed by atoms with E-state index < -0.39 is 0 Å². The van der Waals surface area contributed by atoms with Crippen molar-refractivity contribution in [1.82, 2.24) is 20.1 Å². The Balaban J connectivity index is 1.68. The standard InChI is InChI=1S/C28H32N4O4/c1-20(2)30-25(33)19-36-23-10-6-7-21(17-23)18-32-26(34)12-11-24(22-8-4-3-5-9-22)27(32)28(35)31-15-13-29-14-16-31/h3-12,17,20,29H,13-16,18-19H2,1-2H3,(H,30,33). The number of hydrogen-bond acceptors (Lipinski definition) is 5. The van der Waals surface area contributed by atoms with Crippen LogP contribution in [0.3, 0.4) is 0 Å². The number of nitrogens with one attached hydrogen (secondary N) is 2. The van der Waals surface area contributed by atoms with Crippen molar-refractivity contribution >= 4 is 11.8 Å². The van der Waals surface area contributed by atoms with Gasteiger partial charge in [0, 0.05) is 43.9 Å². The van der Waals surface area contributed by atoms with Gasteiger partial charge in [0.2, 0.25) is 0 Å². The minimum Gasteiger partial charge on any atom is -0.484 e. The van der Waals surface area contributed by atoms with Gasteiger partial charge < -0.3 is 20.3 Å². The molecule has 2 heterocycles. The van der Waals surface area contributed by atoms with Crippen molar-refractivity contribution in [2.45, 2.75) is 26.4 Å². The van der Waals surface area contributed by atoms with Gasteiger partial charge in [-0.1, -0.05) is 42.5 Å². The first-order valence-electron chi connectivity index (χ1n) is 12.2. The topological polar surface area (TPSA) is 92.7 Å². The Morgan fingerprint density at radius 2 is 1.75 bits per heavy atom. The zero-order chi connectivity index (χ0) is 25.5. The lowest BCUT2D eigenvalue weighted by Gasteiger charge is -2.29. The van der Waals surface area contributed by atoms with Crippen LogP contribution in [0.4, 0.5) is 0 Å². The lowest BCUT2D eigenvalue weighted by molar-refractivity contribution is -0.123. The third-order valence-corrected chi connectivity index (χ3v) is 5.93. The molecule has 1 aliphatic heterocycles. The summed E-state index contributed by atoms with van der Waals surface area (Å²) in [5.41, 5.74) is 2.50. The van der Waals surface area contributed by atoms with Gasteiger partial charge in [0.15, 0.2) is 6.61 Å². The van der Waals surface area contributed by atoms with Crippen molar-refractivity contribution in [3.05, 3.63) is 88.3 Å². The highest BCUT2D eigenvalue weighted by molar-refractivity contribution is 5.99. The molecule has 0 spiro atoms. The van der Waals surface area contributed by atoms with E-state index in [-0.39, 0.29) is 36.6 Å². The minimum atomic E-state index is -0.254. The highest BCUT2D eigenvalue weighted by Crippen LogP contribution is 2.25. The lowest BCUT2D eigenvalue weighted by atomic mass is 10.0. The van der Waals surface area contributed by atoms with E-state index in [9.17, 15) is 14.4 Å². The Bertz CT molecular complexity index is 1260. The molecule has 0 bridgehead atoms. The number of hydrogen-bond donors (Lipinski definition) is 2. The molecule has 1 aromatic heterocycles. The van der Waals surface area contributed by atoms with Gasteiger partial charge in [-0.25, -0.2) is 0 Å². The zero-order valence-corrected chi connectivity index (χ0v) is 20.7. The molecule has 0 aliphatic carbocycles. The molecule has 0 saturated carbocycles. The molecule has 3 aromatic rings. The SMILES string of the molecule is CC(C)NC(=O)COc1cccc(Cn2c(C(=O)N3CCNCC3)c(-c3ccccc3)ccc2=O)c1. The van der Waals surface area contributed by atoms with Crippen LogP contribution in [0.5, 0.6) is 5.75 Å². The molecule has 4 rings (SSSR count). The maximum atomic E-state index is 13.8. The largest absolute Gasteiger partial charge is 0.484 e. The molecule has 1 saturated heterocycles. The minimum absolute atomic E-state index is 0.0304. The third kappa shape index (κ3) is 6.20. The van der Waals surface area contributed by atoms with Crippen molar-refractivity contribution < 1.29 is 14.3 Å². The maximum absolute atomic E-state index is 13.8. The Labute approximate surface area is 210 Å². The van der Waals surface area contributed by atoms with E-state index in [0.29, 0.717) is 37.6 Å². The van der Waals surface area contributed by atoms with Crippen LogP contribution in [0, 0.1) is 0 Å². The monoisotopic (exact) mass is 488 g/mol. The summed E-state index contributed by atoms with van der Waals surface area (Å²) < 4.78 is 7.20. The first kappa shape index (κ1) is 25.2. The summed E-state index contributed by atoms with van der Waals surface area (Å²) in [5, 5.41) is 6.06. The van der Waals surface area contributed by atoms with Crippen molar-refractivity contribution in [1.29, 1.82) is 0 Å². The number of carbonyl (C=O) groups excluding carboxylic acids is 2. The predicted octanol–water partition coefficient (Wildman–Crippen LogP) is 2.51. The number of benzene rings is 2. The molecule has 8 heteroatoms. The number of aromatic nitrogens is 1. The molecule has 2 aromatic carbocycles. The van der Waals surface area contributed by atoms with E-state index >= 15 is 0 Å². The van der Waals surface area contributed by atoms with Crippen molar-refractivity contribution in [3.8, 4) is 16.9 Å². The van der Waals surface area contributed by atoms with E-state index in [1.165, 1.54) is 10.6 Å². The van der Waals surface area contributed by atoms with Crippen LogP contribution in [0.2, 0.25) is 0 Å². The molecule has 2 amide bonds. The fraction of sp³-hybridized carbons (Fsp3) is 0.321. The van der Waals surface area contributed by atoms with Crippen LogP contribution in [-0.2, 0) is 11.3 Å². The van der Waals surface area contributed by atoms with E-state index in [4.69, 9.17) is 4.74 Å². The van der Waals surface area contributed by atoms with Crippen molar-refractivity contribution in [2.75, 3.05) is 32.8 Å². The second-order valence-electron chi connectivity index (χ2n) is 9.09. The van der Waals surface area contributed by atoms with Gasteiger partial charge in [0.1, 0.15) is 11.4 Å². The number of rotatable bonds is 8. The van der Waals surface area contributed by atoms with Crippen molar-refractivity contribution in [2.24, 2.45) is 0 Å². The number of piperazine rings is 1. The Kier molecular flexibility index (Phi) is 8.17. The fourth-order valence-electron chi connectivity index (χ4n) is 4.26. The molecule has 1 fully saturated rings. The van der Waals surface area contributed by atoms with Crippen LogP contribution in [0.15, 0.2) is 71.5 Å². The Morgan fingerprint density at radius 1 is 1.00 bits per heavy atom. The molecular weight excluding hydrogens is 456 g/mol. The second-order valence-corrected chi connectivity index (χ2v) is 9.09. The van der Waals surface area contributed by atoms with E-state index in [0.717, 1.165) is 16.7 Å². The summed E-state index contributed by atoms with van der Waals surface area (Å²) in [4.78, 5) is 40.6. The molecular formula is C28H32N4O4. The average Bonchev–Trinajstić information content (AvgIpc) is 2.89. The smallest absolute Gasteiger partial charge is 0.271 e. The van der Waals surface area contributed by atoms with Gasteiger partial charge in [0.05, 0.1) is 6.54 Å². The summed E-state index contributed by atoms with van der Waals surface area (Å²) in [5.74, 6) is 0.158. The fourth-order valence-corrected chi connectivity index (χ4v) is 4.26. The molecule has 0 radical (unpaired) electrons. The maximum Gasteiger partial charge on any atom is 0.271 e. The summed E-state index contributed by atoms with van der Waals surface area (Å²) in [6, 6.07) is 20.2. The highest BCUT2D eigenvalue weighted by Gasteiger charge is 2.25. The number of pyridine rings is 1. The van der Waals surface area contributed by atoms with Crippen LogP contribution in [-0.4, -0.2) is 60.1 Å². The summed E-state index contributed by atoms with van der Waals surface area (Å²) >= 11 is 0. The number of carbonyl (C=O) groups is 2. The molecule has 0 unspecified atom stereocenters. The number of amides is 2. The Hall–Kier alpha value is -3.91. The molecule has 2 N–H and O–H groups in total. The lowest BCUT2D eigenvalue weighted by Crippen LogP contribution is -2.47. The quantitative estimate of drug-likeness (QED) is 0.508. The molecule has 0 atom stereocenters. The van der Waals surface area contributed by atoms with E-state index in [2.05, 4.69) is 10.6 Å². The van der Waals surface area contributed by atoms with Crippen LogP contribution in [0.25, 0.3) is 11.1 Å². The van der Waals surface area contributed by atoms with Crippen LogP contribution >= 0.6 is 0 Å². The third-order valence-electron chi connectivity index (χ3n) is 5.93. The van der Waals surface area contributed by atoms with Gasteiger partial charge in [-0.3, -0.25) is 19.0 Å². The van der Waals surface area contributed by atoms with Gasteiger partial charge in [0.25, 0.3) is 17.4 Å². The number of nitrogens with zero attached hydrogens (tertiary/aromatic N) is 2. The van der Waals surface area contributed by atoms with E-state index in [1.807, 2.05) is 56.3 Å². The Morgan fingerprint density at radius 3 is 2.47 bits per heavy atom. The molecule has 1 aliphatic rings. The van der Waals surface area contributed by atoms with E-state index in [1.54, 1.807) is 23.1 Å². The molecule has 36 heavy (non-hydrogen) atoms. The highest BCUT2D eigenvalue weighted by atomic mass is 16.5. The molecule has 8 nitrogen and oxygen atoms in total. The van der Waals surface area contributed by atoms with Crippen LogP contribution in [0.1, 0.15) is 29.9 Å². The van der Waals surface area contributed by atoms with Crippen molar-refractivity contribution in [3.63, 3.8) is 0 Å². The summed E-state index contributed by atoms with van der Waals surface area (Å²) in [6.07, 6.45) is 0. The number of ether oxygens (including phenoxy) is 1. The first-order chi connectivity index (χ1) is 17.4. The zero-order valence-electron chi connectivity index (χ0n) is 20.7. The van der Waals surface area contributed by atoms with Gasteiger partial charge >= 0.3 is 0 Å². The second kappa shape index (κ2) is 11.7. The molecule has 188 valence electrons. The van der Waals surface area contributed by atoms with Gasteiger partial charge in [-0.05, 0) is 43.2 Å². The predicted molar refractivity (Wildman–Crippen MR) is 139 cm³/mol. The van der Waals surface area contributed by atoms with Crippen LogP contribution < -0.4 is 20.9 Å². The normalized spacial score (nSPS) is 13.5. The first-order valence-corrected chi connectivity index (χ1v) is 12.2. The van der Waals surface area contributed by atoms with Gasteiger partial charge in [-0.2, -0.15) is 0 Å². The summed E-state index contributed by atoms with van der Waals surface area (Å²) in [6.45, 7) is 6.47. The van der Waals surface area contributed by atoms with Gasteiger partial charge in [-0.15, -0.1) is 0 Å². The summed E-state index contributed by atoms with van der Waals surface area (Å²) in [7, 11) is 0.